The van der Waals surface area contributed by atoms with E-state index in [2.05, 4.69) is 11.8 Å². The van der Waals surface area contributed by atoms with E-state index < -0.39 is 11.6 Å². The molecular weight excluding hydrogens is 156 g/mol. The first-order valence-electron chi connectivity index (χ1n) is 3.57. The average Bonchev–Trinajstić information content (AvgIpc) is 1.79. The summed E-state index contributed by atoms with van der Waals surface area (Å²) in [6, 6.07) is 0. The molecule has 0 atom stereocenters. The number of hydrogen-bond donors (Lipinski definition) is 0. The maximum absolute atomic E-state index is 10.8. The van der Waals surface area contributed by atoms with Gasteiger partial charge in [-0.25, -0.2) is 4.79 Å². The third-order valence-corrected chi connectivity index (χ3v) is 0.739. The molecule has 0 saturated carbocycles. The van der Waals surface area contributed by atoms with Crippen molar-refractivity contribution in [1.82, 2.24) is 0 Å². The zero-order chi connectivity index (χ0) is 9.78. The van der Waals surface area contributed by atoms with E-state index in [1.54, 1.807) is 20.8 Å². The quantitative estimate of drug-likeness (QED) is 0.234. The minimum absolute atomic E-state index is 0.346. The van der Waals surface area contributed by atoms with Gasteiger partial charge in [0.2, 0.25) is 5.78 Å². The molecule has 0 bridgehead atoms. The van der Waals surface area contributed by atoms with E-state index in [9.17, 15) is 9.59 Å². The van der Waals surface area contributed by atoms with Crippen molar-refractivity contribution in [2.45, 2.75) is 33.3 Å². The Kier molecular flexibility index (Phi) is 3.49. The summed E-state index contributed by atoms with van der Waals surface area (Å²) in [4.78, 5) is 21.1. The van der Waals surface area contributed by atoms with Crippen LogP contribution in [0.4, 0.5) is 0 Å². The Morgan fingerprint density at radius 2 is 1.67 bits per heavy atom. The topological polar surface area (TPSA) is 43.4 Å². The van der Waals surface area contributed by atoms with Crippen LogP contribution in [0.5, 0.6) is 0 Å². The molecule has 12 heavy (non-hydrogen) atoms. The summed E-state index contributed by atoms with van der Waals surface area (Å²) in [5.41, 5.74) is -0.553. The minimum Gasteiger partial charge on any atom is -0.450 e. The van der Waals surface area contributed by atoms with E-state index >= 15 is 0 Å². The number of carbonyl (C=O) groups excluding carboxylic acids is 2. The lowest BCUT2D eigenvalue weighted by Crippen LogP contribution is -2.22. The zero-order valence-electron chi connectivity index (χ0n) is 7.72. The minimum atomic E-state index is -0.669. The highest BCUT2D eigenvalue weighted by Gasteiger charge is 2.14. The second kappa shape index (κ2) is 3.91. The van der Waals surface area contributed by atoms with Crippen molar-refractivity contribution in [2.24, 2.45) is 0 Å². The van der Waals surface area contributed by atoms with Crippen LogP contribution < -0.4 is 0 Å². The van der Waals surface area contributed by atoms with Crippen LogP contribution >= 0.6 is 0 Å². The number of rotatable bonds is 0. The van der Waals surface area contributed by atoms with Gasteiger partial charge >= 0.3 is 5.97 Å². The molecule has 0 rings (SSSR count). The Bertz CT molecular complexity index is 247. The molecule has 0 aliphatic rings. The van der Waals surface area contributed by atoms with Gasteiger partial charge in [0.15, 0.2) is 0 Å². The van der Waals surface area contributed by atoms with E-state index in [0.717, 1.165) is 0 Å². The smallest absolute Gasteiger partial charge is 0.385 e. The van der Waals surface area contributed by atoms with E-state index in [1.165, 1.54) is 6.92 Å². The number of ketones is 1. The Morgan fingerprint density at radius 3 is 2.00 bits per heavy atom. The predicted octanol–water partition coefficient (Wildman–Crippen LogP) is 0.920. The molecule has 0 amide bonds. The second-order valence-electron chi connectivity index (χ2n) is 3.31. The van der Waals surface area contributed by atoms with Gasteiger partial charge in [-0.1, -0.05) is 0 Å². The SMILES string of the molecule is CC(=O)C#CC(=O)OC(C)(C)C. The molecule has 3 heteroatoms. The summed E-state index contributed by atoms with van der Waals surface area (Å²) < 4.78 is 4.82. The third-order valence-electron chi connectivity index (χ3n) is 0.739. The van der Waals surface area contributed by atoms with Gasteiger partial charge in [-0.05, 0) is 26.7 Å². The Balaban J connectivity index is 4.11. The first-order valence-corrected chi connectivity index (χ1v) is 3.57. The van der Waals surface area contributed by atoms with Crippen LogP contribution in [0, 0.1) is 11.8 Å². The highest BCUT2D eigenvalue weighted by molar-refractivity contribution is 6.00. The average molecular weight is 168 g/mol. The van der Waals surface area contributed by atoms with Crippen LogP contribution in [0.3, 0.4) is 0 Å². The van der Waals surface area contributed by atoms with Crippen molar-refractivity contribution in [1.29, 1.82) is 0 Å². The Morgan fingerprint density at radius 1 is 1.17 bits per heavy atom. The summed E-state index contributed by atoms with van der Waals surface area (Å²) in [7, 11) is 0. The Labute approximate surface area is 72.1 Å². The molecule has 0 saturated heterocycles. The number of hydrogen-bond acceptors (Lipinski definition) is 3. The molecule has 0 N–H and O–H groups in total. The van der Waals surface area contributed by atoms with E-state index in [-0.39, 0.29) is 5.78 Å². The van der Waals surface area contributed by atoms with Gasteiger partial charge in [-0.2, -0.15) is 0 Å². The van der Waals surface area contributed by atoms with Crippen LogP contribution in [0.15, 0.2) is 0 Å². The summed E-state index contributed by atoms with van der Waals surface area (Å²) in [5, 5.41) is 0. The monoisotopic (exact) mass is 168 g/mol. The molecule has 66 valence electrons. The fourth-order valence-electron chi connectivity index (χ4n) is 0.443. The highest BCUT2D eigenvalue weighted by Crippen LogP contribution is 2.05. The largest absolute Gasteiger partial charge is 0.450 e. The van der Waals surface area contributed by atoms with Crippen molar-refractivity contribution in [3.63, 3.8) is 0 Å². The van der Waals surface area contributed by atoms with Gasteiger partial charge in [-0.3, -0.25) is 4.79 Å². The number of ether oxygens (including phenoxy) is 1. The van der Waals surface area contributed by atoms with Crippen LogP contribution in [-0.4, -0.2) is 17.4 Å². The summed E-state index contributed by atoms with van der Waals surface area (Å²) in [5.74, 6) is 3.17. The molecule has 0 aromatic carbocycles. The first kappa shape index (κ1) is 10.7. The van der Waals surface area contributed by atoms with Gasteiger partial charge in [0.1, 0.15) is 5.60 Å². The van der Waals surface area contributed by atoms with Crippen molar-refractivity contribution < 1.29 is 14.3 Å². The van der Waals surface area contributed by atoms with Gasteiger partial charge < -0.3 is 4.74 Å². The fraction of sp³-hybridized carbons (Fsp3) is 0.556. The third kappa shape index (κ3) is 6.81. The fourth-order valence-corrected chi connectivity index (χ4v) is 0.443. The Hall–Kier alpha value is -1.30. The lowest BCUT2D eigenvalue weighted by atomic mass is 10.2. The number of carbonyl (C=O) groups is 2. The molecule has 0 aliphatic carbocycles. The van der Waals surface area contributed by atoms with Gasteiger partial charge in [-0.15, -0.1) is 0 Å². The lowest BCUT2D eigenvalue weighted by molar-refractivity contribution is -0.147. The van der Waals surface area contributed by atoms with E-state index in [0.29, 0.717) is 0 Å². The van der Waals surface area contributed by atoms with Crippen molar-refractivity contribution in [3.05, 3.63) is 0 Å². The van der Waals surface area contributed by atoms with Gasteiger partial charge in [0.25, 0.3) is 0 Å². The molecule has 0 aromatic rings. The maximum atomic E-state index is 10.8. The molecule has 0 spiro atoms. The van der Waals surface area contributed by atoms with Crippen LogP contribution in [-0.2, 0) is 14.3 Å². The standard InChI is InChI=1S/C9H12O3/c1-7(10)5-6-8(11)12-9(2,3)4/h1-4H3. The van der Waals surface area contributed by atoms with E-state index in [1.807, 2.05) is 0 Å². The maximum Gasteiger partial charge on any atom is 0.385 e. The van der Waals surface area contributed by atoms with Crippen LogP contribution in [0.25, 0.3) is 0 Å². The first-order chi connectivity index (χ1) is 5.31. The zero-order valence-corrected chi connectivity index (χ0v) is 7.72. The summed E-state index contributed by atoms with van der Waals surface area (Å²) in [6.45, 7) is 6.50. The highest BCUT2D eigenvalue weighted by atomic mass is 16.6. The van der Waals surface area contributed by atoms with Crippen molar-refractivity contribution in [3.8, 4) is 11.8 Å². The van der Waals surface area contributed by atoms with Crippen molar-refractivity contribution in [2.75, 3.05) is 0 Å². The number of Topliss-reactive ketones (excluding diaryl/α,β-unsaturated/α-hetero) is 1. The molecular formula is C9H12O3. The lowest BCUT2D eigenvalue weighted by Gasteiger charge is -2.16. The summed E-state index contributed by atoms with van der Waals surface area (Å²) >= 11 is 0. The molecule has 0 heterocycles. The van der Waals surface area contributed by atoms with Crippen molar-refractivity contribution >= 4 is 11.8 Å². The van der Waals surface area contributed by atoms with E-state index in [4.69, 9.17) is 4.74 Å². The van der Waals surface area contributed by atoms with Gasteiger partial charge in [0, 0.05) is 12.8 Å². The summed E-state index contributed by atoms with van der Waals surface area (Å²) in [6.07, 6.45) is 0. The predicted molar refractivity (Wildman–Crippen MR) is 44.3 cm³/mol. The molecule has 0 radical (unpaired) electrons. The molecule has 0 fully saturated rings. The van der Waals surface area contributed by atoms with Crippen LogP contribution in [0.2, 0.25) is 0 Å². The molecule has 3 nitrogen and oxygen atoms in total. The normalized spacial score (nSPS) is 9.67. The molecule has 0 unspecified atom stereocenters. The second-order valence-corrected chi connectivity index (χ2v) is 3.31. The van der Waals surface area contributed by atoms with Gasteiger partial charge in [0.05, 0.1) is 0 Å². The van der Waals surface area contributed by atoms with Crippen LogP contribution in [0.1, 0.15) is 27.7 Å². The molecule has 0 aromatic heterocycles. The number of esters is 1. The molecule has 0 aliphatic heterocycles.